The van der Waals surface area contributed by atoms with E-state index in [2.05, 4.69) is 10.6 Å². The third-order valence-electron chi connectivity index (χ3n) is 5.79. The van der Waals surface area contributed by atoms with E-state index in [4.69, 9.17) is 0 Å². The van der Waals surface area contributed by atoms with Gasteiger partial charge in [0.1, 0.15) is 23.5 Å². The maximum Gasteiger partial charge on any atom is 0.326 e. The number of hydrogen-bond donors (Lipinski definition) is 3. The number of carboxylic acid groups (broad SMARTS) is 1. The van der Waals surface area contributed by atoms with Crippen molar-refractivity contribution in [3.8, 4) is 0 Å². The SMILES string of the molecule is CC(C)CC(NC(=O)C(NC(=O)C1N2C(=O)CC2S(=O)(=O)C1(C)C)C(C)C)C(=O)O. The van der Waals surface area contributed by atoms with Crippen LogP contribution in [0.25, 0.3) is 0 Å². The summed E-state index contributed by atoms with van der Waals surface area (Å²) in [5, 5.41) is 13.3. The largest absolute Gasteiger partial charge is 0.480 e. The molecule has 170 valence electrons. The Kier molecular flexibility index (Phi) is 6.56. The summed E-state index contributed by atoms with van der Waals surface area (Å²) in [6, 6.07) is -3.45. The second kappa shape index (κ2) is 8.16. The Balaban J connectivity index is 2.22. The average molecular weight is 446 g/mol. The zero-order valence-corrected chi connectivity index (χ0v) is 18.9. The molecular formula is C19H31N3O7S. The molecule has 3 amide bonds. The highest BCUT2D eigenvalue weighted by Crippen LogP contribution is 2.45. The molecule has 2 aliphatic heterocycles. The van der Waals surface area contributed by atoms with Gasteiger partial charge in [-0.1, -0.05) is 27.7 Å². The predicted molar refractivity (Wildman–Crippen MR) is 108 cm³/mol. The summed E-state index contributed by atoms with van der Waals surface area (Å²) in [7, 11) is -3.75. The predicted octanol–water partition coefficient (Wildman–Crippen LogP) is -0.123. The van der Waals surface area contributed by atoms with Crippen LogP contribution in [0.3, 0.4) is 0 Å². The van der Waals surface area contributed by atoms with Gasteiger partial charge in [0.25, 0.3) is 0 Å². The number of carbonyl (C=O) groups excluding carboxylic acids is 3. The molecule has 2 saturated heterocycles. The first-order valence-electron chi connectivity index (χ1n) is 10.0. The van der Waals surface area contributed by atoms with Crippen molar-refractivity contribution in [3.63, 3.8) is 0 Å². The molecule has 4 unspecified atom stereocenters. The van der Waals surface area contributed by atoms with E-state index >= 15 is 0 Å². The average Bonchev–Trinajstić information content (AvgIpc) is 2.71. The monoisotopic (exact) mass is 445 g/mol. The molecule has 30 heavy (non-hydrogen) atoms. The first kappa shape index (κ1) is 24.1. The summed E-state index contributed by atoms with van der Waals surface area (Å²) in [5.41, 5.74) is 0. The third kappa shape index (κ3) is 4.03. The van der Waals surface area contributed by atoms with Gasteiger partial charge in [-0.3, -0.25) is 14.4 Å². The number of amides is 3. The molecule has 0 aromatic heterocycles. The van der Waals surface area contributed by atoms with Crippen LogP contribution in [0.5, 0.6) is 0 Å². The number of nitrogens with zero attached hydrogens (tertiary/aromatic N) is 1. The van der Waals surface area contributed by atoms with E-state index in [0.717, 1.165) is 4.90 Å². The topological polar surface area (TPSA) is 150 Å². The fourth-order valence-corrected chi connectivity index (χ4v) is 6.11. The van der Waals surface area contributed by atoms with Crippen LogP contribution in [-0.2, 0) is 29.0 Å². The van der Waals surface area contributed by atoms with Gasteiger partial charge in [0, 0.05) is 0 Å². The van der Waals surface area contributed by atoms with Crippen molar-refractivity contribution >= 4 is 33.5 Å². The van der Waals surface area contributed by atoms with Crippen LogP contribution in [0.1, 0.15) is 54.4 Å². The summed E-state index contributed by atoms with van der Waals surface area (Å²) in [4.78, 5) is 50.3. The molecule has 0 radical (unpaired) electrons. The molecule has 11 heteroatoms. The van der Waals surface area contributed by atoms with Gasteiger partial charge in [0.2, 0.25) is 17.7 Å². The molecule has 2 aliphatic rings. The number of nitrogens with one attached hydrogen (secondary N) is 2. The van der Waals surface area contributed by atoms with Gasteiger partial charge < -0.3 is 20.6 Å². The standard InChI is InChI=1S/C19H31N3O7S/c1-9(2)7-11(18(26)27)20-16(24)14(10(3)4)21-17(25)15-19(5,6)30(28,29)13-8-12(23)22(13)15/h9-11,13-15H,7-8H2,1-6H3,(H,20,24)(H,21,25)(H,26,27). The lowest BCUT2D eigenvalue weighted by molar-refractivity contribution is -0.150. The molecule has 0 spiro atoms. The van der Waals surface area contributed by atoms with Crippen molar-refractivity contribution in [2.75, 3.05) is 0 Å². The van der Waals surface area contributed by atoms with Crippen molar-refractivity contribution in [1.29, 1.82) is 0 Å². The molecule has 2 fully saturated rings. The minimum absolute atomic E-state index is 0.0253. The van der Waals surface area contributed by atoms with Crippen LogP contribution in [0.4, 0.5) is 0 Å². The molecule has 3 N–H and O–H groups in total. The third-order valence-corrected chi connectivity index (χ3v) is 8.59. The van der Waals surface area contributed by atoms with Gasteiger partial charge in [0.15, 0.2) is 9.84 Å². The van der Waals surface area contributed by atoms with Crippen LogP contribution in [0.15, 0.2) is 0 Å². The fourth-order valence-electron chi connectivity index (χ4n) is 3.98. The Hall–Kier alpha value is -2.17. The zero-order valence-electron chi connectivity index (χ0n) is 18.1. The number of hydrogen-bond acceptors (Lipinski definition) is 6. The Bertz CT molecular complexity index is 850. The Morgan fingerprint density at radius 3 is 2.17 bits per heavy atom. The highest BCUT2D eigenvalue weighted by Gasteiger charge is 2.67. The summed E-state index contributed by atoms with van der Waals surface area (Å²) in [5.74, 6) is -3.39. The van der Waals surface area contributed by atoms with Crippen LogP contribution >= 0.6 is 0 Å². The Morgan fingerprint density at radius 1 is 1.17 bits per heavy atom. The minimum Gasteiger partial charge on any atom is -0.480 e. The molecule has 0 aromatic rings. The van der Waals surface area contributed by atoms with E-state index in [1.165, 1.54) is 13.8 Å². The van der Waals surface area contributed by atoms with Crippen LogP contribution in [0.2, 0.25) is 0 Å². The van der Waals surface area contributed by atoms with Crippen molar-refractivity contribution < 1.29 is 32.7 Å². The molecule has 10 nitrogen and oxygen atoms in total. The molecule has 0 bridgehead atoms. The highest BCUT2D eigenvalue weighted by molar-refractivity contribution is 7.93. The first-order valence-corrected chi connectivity index (χ1v) is 11.6. The fraction of sp³-hybridized carbons (Fsp3) is 0.789. The Morgan fingerprint density at radius 2 is 1.73 bits per heavy atom. The summed E-state index contributed by atoms with van der Waals surface area (Å²) < 4.78 is 23.9. The zero-order chi connectivity index (χ0) is 23.2. The summed E-state index contributed by atoms with van der Waals surface area (Å²) in [6.07, 6.45) is 0.0663. The van der Waals surface area contributed by atoms with E-state index in [-0.39, 0.29) is 18.8 Å². The molecular weight excluding hydrogens is 414 g/mol. The second-order valence-corrected chi connectivity index (χ2v) is 12.0. The molecule has 0 saturated carbocycles. The van der Waals surface area contributed by atoms with E-state index in [1.807, 2.05) is 13.8 Å². The minimum atomic E-state index is -3.75. The van der Waals surface area contributed by atoms with Gasteiger partial charge >= 0.3 is 5.97 Å². The number of β-lactam (4-membered cyclic amide) rings is 1. The maximum absolute atomic E-state index is 13.0. The van der Waals surface area contributed by atoms with E-state index in [0.29, 0.717) is 0 Å². The van der Waals surface area contributed by atoms with Gasteiger partial charge in [0.05, 0.1) is 11.2 Å². The number of carbonyl (C=O) groups is 4. The van der Waals surface area contributed by atoms with Crippen molar-refractivity contribution in [2.45, 2.75) is 82.6 Å². The van der Waals surface area contributed by atoms with E-state index in [9.17, 15) is 32.7 Å². The van der Waals surface area contributed by atoms with Gasteiger partial charge in [-0.05, 0) is 32.1 Å². The number of aliphatic carboxylic acids is 1. The number of fused-ring (bicyclic) bond motifs is 1. The van der Waals surface area contributed by atoms with Gasteiger partial charge in [-0.25, -0.2) is 13.2 Å². The lowest BCUT2D eigenvalue weighted by atomic mass is 9.95. The van der Waals surface area contributed by atoms with Gasteiger partial charge in [-0.2, -0.15) is 0 Å². The van der Waals surface area contributed by atoms with Crippen molar-refractivity contribution in [1.82, 2.24) is 15.5 Å². The van der Waals surface area contributed by atoms with Crippen LogP contribution in [0, 0.1) is 11.8 Å². The number of rotatable bonds is 8. The van der Waals surface area contributed by atoms with Crippen LogP contribution in [-0.4, -0.2) is 70.4 Å². The quantitative estimate of drug-likeness (QED) is 0.441. The number of sulfone groups is 1. The molecule has 0 aliphatic carbocycles. The highest BCUT2D eigenvalue weighted by atomic mass is 32.2. The van der Waals surface area contributed by atoms with E-state index in [1.54, 1.807) is 13.8 Å². The molecule has 2 rings (SSSR count). The van der Waals surface area contributed by atoms with Crippen molar-refractivity contribution in [3.05, 3.63) is 0 Å². The second-order valence-electron chi connectivity index (χ2n) is 9.27. The smallest absolute Gasteiger partial charge is 0.326 e. The summed E-state index contributed by atoms with van der Waals surface area (Å²) >= 11 is 0. The molecule has 4 atom stereocenters. The first-order chi connectivity index (χ1) is 13.6. The number of carboxylic acids is 1. The molecule has 0 aromatic carbocycles. The normalized spacial score (nSPS) is 26.0. The summed E-state index contributed by atoms with van der Waals surface area (Å²) in [6.45, 7) is 9.80. The van der Waals surface area contributed by atoms with Crippen molar-refractivity contribution in [2.24, 2.45) is 11.8 Å². The maximum atomic E-state index is 13.0. The lowest BCUT2D eigenvalue weighted by Crippen LogP contribution is -2.62. The molecule has 2 heterocycles. The van der Waals surface area contributed by atoms with E-state index < -0.39 is 67.7 Å². The Labute approximate surface area is 176 Å². The van der Waals surface area contributed by atoms with Gasteiger partial charge in [-0.15, -0.1) is 0 Å². The lowest BCUT2D eigenvalue weighted by Gasteiger charge is -2.37. The van der Waals surface area contributed by atoms with Crippen LogP contribution < -0.4 is 10.6 Å².